The van der Waals surface area contributed by atoms with E-state index in [2.05, 4.69) is 7.05 Å². The Morgan fingerprint density at radius 3 is 1.74 bits per heavy atom. The molecule has 0 unspecified atom stereocenters. The van der Waals surface area contributed by atoms with Crippen molar-refractivity contribution in [1.82, 2.24) is 0 Å². The fraction of sp³-hybridized carbons (Fsp3) is 0. The minimum atomic E-state index is -0.0387. The van der Waals surface area contributed by atoms with E-state index in [1.807, 2.05) is 97.2 Å². The molecule has 126 valence electrons. The van der Waals surface area contributed by atoms with Crippen LogP contribution in [0.4, 0.5) is 0 Å². The maximum atomic E-state index is 13.5. The van der Waals surface area contributed by atoms with E-state index in [1.54, 1.807) is 4.57 Å². The number of nitrogens with zero attached hydrogens (tertiary/aromatic N) is 1. The average molecular weight is 343 g/mol. The quantitative estimate of drug-likeness (QED) is 0.236. The van der Waals surface area contributed by atoms with Crippen LogP contribution in [0.5, 0.6) is 0 Å². The predicted octanol–water partition coefficient (Wildman–Crippen LogP) is 1.05. The summed E-state index contributed by atoms with van der Waals surface area (Å²) in [7, 11) is 4.04. The molecule has 2 nitrogen and oxygen atoms in total. The second kappa shape index (κ2) is 8.18. The van der Waals surface area contributed by atoms with Crippen LogP contribution in [0.1, 0.15) is 16.8 Å². The van der Waals surface area contributed by atoms with Gasteiger partial charge in [0.25, 0.3) is 0 Å². The monoisotopic (exact) mass is 343 g/mol. The molecule has 0 N–H and O–H groups in total. The maximum Gasteiger partial charge on any atom is 1.00 e. The van der Waals surface area contributed by atoms with Crippen LogP contribution in [0.25, 0.3) is 22.1 Å². The van der Waals surface area contributed by atoms with Gasteiger partial charge in [0.15, 0.2) is 0 Å². The number of hydrogen-bond acceptors (Lipinski definition) is 1. The summed E-state index contributed by atoms with van der Waals surface area (Å²) in [6, 6.07) is 29.5. The molecule has 0 radical (unpaired) electrons. The van der Waals surface area contributed by atoms with Crippen molar-refractivity contribution in [2.75, 3.05) is 0 Å². The summed E-state index contributed by atoms with van der Waals surface area (Å²) in [5.74, 6) is -0.0387. The minimum Gasteiger partial charge on any atom is -0.877 e. The van der Waals surface area contributed by atoms with Crippen LogP contribution in [0.15, 0.2) is 97.2 Å². The molecule has 0 spiro atoms. The van der Waals surface area contributed by atoms with Crippen molar-refractivity contribution in [3.63, 3.8) is 0 Å². The van der Waals surface area contributed by atoms with Gasteiger partial charge in [-0.3, -0.25) is 0 Å². The molecule has 4 aromatic rings. The first-order chi connectivity index (χ1) is 12.7. The van der Waals surface area contributed by atoms with E-state index in [1.165, 1.54) is 0 Å². The molecule has 0 fully saturated rings. The molecule has 0 aliphatic heterocycles. The van der Waals surface area contributed by atoms with Crippen molar-refractivity contribution in [3.8, 4) is 0 Å². The first-order valence-electron chi connectivity index (χ1n) is 8.52. The van der Waals surface area contributed by atoms with Crippen molar-refractivity contribution in [2.24, 2.45) is 0 Å². The number of hydrogen-bond donors (Lipinski definition) is 0. The van der Waals surface area contributed by atoms with Crippen LogP contribution in [0.3, 0.4) is 0 Å². The fourth-order valence-electron chi connectivity index (χ4n) is 3.19. The van der Waals surface area contributed by atoms with Gasteiger partial charge in [0.1, 0.15) is 0 Å². The number of pyridine rings is 1. The van der Waals surface area contributed by atoms with Gasteiger partial charge < -0.3 is 9.67 Å². The van der Waals surface area contributed by atoms with Crippen LogP contribution in [-0.4, -0.2) is 0 Å². The third-order valence-corrected chi connectivity index (χ3v) is 4.48. The van der Waals surface area contributed by atoms with Crippen molar-refractivity contribution < 1.29 is 28.5 Å². The summed E-state index contributed by atoms with van der Waals surface area (Å²) in [6.45, 7) is 0. The first-order valence-corrected chi connectivity index (χ1v) is 8.52. The molecule has 0 amide bonds. The number of rotatable bonds is 3. The smallest absolute Gasteiger partial charge is 0.877 e. The molecule has 3 aromatic carbocycles. The van der Waals surface area contributed by atoms with Gasteiger partial charge in [0.2, 0.25) is 0 Å². The Balaban J connectivity index is 0.00000210. The summed E-state index contributed by atoms with van der Waals surface area (Å²) in [4.78, 5) is 0. The van der Waals surface area contributed by atoms with Gasteiger partial charge >= 0.3 is 18.9 Å². The molecule has 1 heterocycles. The summed E-state index contributed by atoms with van der Waals surface area (Å²) < 4.78 is 1.66. The van der Waals surface area contributed by atoms with Crippen molar-refractivity contribution in [2.45, 2.75) is 0 Å². The molecule has 1 aromatic heterocycles. The summed E-state index contributed by atoms with van der Waals surface area (Å²) >= 11 is 0. The van der Waals surface area contributed by atoms with Crippen LogP contribution >= 0.6 is 0 Å². The van der Waals surface area contributed by atoms with E-state index in [0.717, 1.165) is 21.9 Å². The van der Waals surface area contributed by atoms with Gasteiger partial charge in [-0.1, -0.05) is 90.7 Å². The summed E-state index contributed by atoms with van der Waals surface area (Å²) in [5.41, 5.74) is 3.04. The van der Waals surface area contributed by atoms with Crippen LogP contribution < -0.4 is 28.5 Å². The Morgan fingerprint density at radius 1 is 0.704 bits per heavy atom. The maximum absolute atomic E-state index is 13.5. The van der Waals surface area contributed by atoms with E-state index in [-0.39, 0.29) is 24.6 Å². The fourth-order valence-corrected chi connectivity index (χ4v) is 3.19. The van der Waals surface area contributed by atoms with Gasteiger partial charge in [-0.15, -0.1) is 0 Å². The van der Waals surface area contributed by atoms with E-state index in [9.17, 15) is 5.11 Å². The first kappa shape index (κ1) is 18.9. The zero-order chi connectivity index (χ0) is 17.9. The van der Waals surface area contributed by atoms with Gasteiger partial charge in [-0.2, -0.15) is 0 Å². The number of fused-ring (bicyclic) bond motifs is 1. The molecular weight excluding hydrogens is 325 g/mol. The Morgan fingerprint density at radius 2 is 1.19 bits per heavy atom. The van der Waals surface area contributed by atoms with Crippen LogP contribution in [0.2, 0.25) is 0 Å². The molecule has 4 rings (SSSR count). The molecule has 0 atom stereocenters. The van der Waals surface area contributed by atoms with Gasteiger partial charge in [0.05, 0.1) is 11.9 Å². The second-order valence-corrected chi connectivity index (χ2v) is 6.19. The molecule has 0 saturated heterocycles. The topological polar surface area (TPSA) is 26.9 Å². The van der Waals surface area contributed by atoms with Crippen molar-refractivity contribution >= 4 is 22.1 Å². The molecule has 0 aliphatic carbocycles. The van der Waals surface area contributed by atoms with Crippen LogP contribution in [-0.2, 0) is 0 Å². The van der Waals surface area contributed by atoms with Gasteiger partial charge in [-0.05, 0) is 33.5 Å². The Kier molecular flexibility index (Phi) is 5.71. The Bertz CT molecular complexity index is 1050. The average Bonchev–Trinajstić information content (AvgIpc) is 2.69. The third kappa shape index (κ3) is 3.78. The largest absolute Gasteiger partial charge is 1.00 e. The Hall–Kier alpha value is -2.92. The molecule has 0 saturated carbocycles. The Labute approximate surface area is 171 Å². The summed E-state index contributed by atoms with van der Waals surface area (Å²) in [5, 5.41) is 15.6. The third-order valence-electron chi connectivity index (χ3n) is 4.48. The van der Waals surface area contributed by atoms with E-state index >= 15 is 0 Å². The normalized spacial score (nSPS) is 10.2. The van der Waals surface area contributed by atoms with E-state index in [4.69, 9.17) is 0 Å². The van der Waals surface area contributed by atoms with Gasteiger partial charge in [-0.25, -0.2) is 0 Å². The number of aromatic nitrogens is 1. The molecule has 0 aliphatic rings. The minimum absolute atomic E-state index is 0. The standard InChI is InChI=1S/C24H19NO.Li/c1-25-17-21-15-9-8-14-20(21)16-22(25)24(26)23(18-10-4-2-5-11-18)19-12-6-3-7-13-19;/h2-17,26H,1H2;/q;+1/p-1. The SMILES string of the molecule is [CH2-][n+]1cc2ccccc2cc1C([O-])=C(c1ccccc1)c1ccccc1.[Li+]. The van der Waals surface area contributed by atoms with E-state index in [0.29, 0.717) is 11.3 Å². The molecular formula is C24H18LiNO. The zero-order valence-electron chi connectivity index (χ0n) is 15.3. The van der Waals surface area contributed by atoms with Crippen molar-refractivity contribution in [3.05, 3.63) is 121 Å². The number of benzene rings is 3. The molecule has 0 bridgehead atoms. The van der Waals surface area contributed by atoms with E-state index < -0.39 is 0 Å². The zero-order valence-corrected chi connectivity index (χ0v) is 15.3. The van der Waals surface area contributed by atoms with Gasteiger partial charge in [0, 0.05) is 7.05 Å². The van der Waals surface area contributed by atoms with Crippen molar-refractivity contribution in [1.29, 1.82) is 0 Å². The second-order valence-electron chi connectivity index (χ2n) is 6.19. The molecule has 27 heavy (non-hydrogen) atoms. The van der Waals surface area contributed by atoms with Crippen LogP contribution in [0, 0.1) is 7.05 Å². The summed E-state index contributed by atoms with van der Waals surface area (Å²) in [6.07, 6.45) is 1.90. The predicted molar refractivity (Wildman–Crippen MR) is 104 cm³/mol. The molecule has 3 heteroatoms.